The molecule has 142 valence electrons. The van der Waals surface area contributed by atoms with E-state index in [2.05, 4.69) is 15.6 Å². The Kier molecular flexibility index (Phi) is 5.30. The maximum absolute atomic E-state index is 12.7. The van der Waals surface area contributed by atoms with E-state index < -0.39 is 34.3 Å². The van der Waals surface area contributed by atoms with Crippen LogP contribution in [0.4, 0.5) is 18.9 Å². The van der Waals surface area contributed by atoms with Crippen molar-refractivity contribution in [2.45, 2.75) is 25.1 Å². The third-order valence-electron chi connectivity index (χ3n) is 3.77. The third-order valence-corrected chi connectivity index (χ3v) is 4.29. The fourth-order valence-electron chi connectivity index (χ4n) is 2.25. The van der Waals surface area contributed by atoms with Crippen LogP contribution in [0.3, 0.4) is 0 Å². The normalized spacial score (nSPS) is 14.0. The lowest BCUT2D eigenvalue weighted by Gasteiger charge is -2.13. The topological polar surface area (TPSA) is 71.1 Å². The van der Waals surface area contributed by atoms with Gasteiger partial charge in [0.1, 0.15) is 5.69 Å². The summed E-state index contributed by atoms with van der Waals surface area (Å²) in [5, 5.41) is 5.04. The first kappa shape index (κ1) is 19.4. The molecule has 2 N–H and O–H groups in total. The van der Waals surface area contributed by atoms with Crippen molar-refractivity contribution < 1.29 is 22.8 Å². The SMILES string of the molecule is O=C(NC1CC1)c1cc(Cl)ccc1NC(=O)c1ncc(C(F)(F)F)cc1Cl. The van der Waals surface area contributed by atoms with Crippen LogP contribution >= 0.6 is 23.2 Å². The number of nitrogens with zero attached hydrogens (tertiary/aromatic N) is 1. The van der Waals surface area contributed by atoms with Crippen molar-refractivity contribution in [3.05, 3.63) is 57.3 Å². The average Bonchev–Trinajstić information content (AvgIpc) is 3.39. The van der Waals surface area contributed by atoms with E-state index in [0.29, 0.717) is 17.3 Å². The van der Waals surface area contributed by atoms with Crippen LogP contribution in [0.1, 0.15) is 39.3 Å². The summed E-state index contributed by atoms with van der Waals surface area (Å²) in [6.07, 6.45) is -2.36. The molecule has 5 nitrogen and oxygen atoms in total. The van der Waals surface area contributed by atoms with Gasteiger partial charge in [-0.15, -0.1) is 0 Å². The lowest BCUT2D eigenvalue weighted by molar-refractivity contribution is -0.137. The van der Waals surface area contributed by atoms with E-state index in [-0.39, 0.29) is 17.3 Å². The summed E-state index contributed by atoms with van der Waals surface area (Å²) in [7, 11) is 0. The number of alkyl halides is 3. The maximum atomic E-state index is 12.7. The highest BCUT2D eigenvalue weighted by Crippen LogP contribution is 2.31. The minimum absolute atomic E-state index is 0.0889. The van der Waals surface area contributed by atoms with Crippen molar-refractivity contribution >= 4 is 40.7 Å². The fourth-order valence-corrected chi connectivity index (χ4v) is 2.67. The standard InChI is InChI=1S/C17H12Cl2F3N3O2/c18-9-1-4-13(11(6-9)15(26)24-10-2-3-10)25-16(27)14-12(19)5-8(7-23-14)17(20,21)22/h1,4-7,10H,2-3H2,(H,24,26)(H,25,27). The number of hydrogen-bond acceptors (Lipinski definition) is 3. The first-order valence-corrected chi connectivity index (χ1v) is 8.55. The Hall–Kier alpha value is -2.32. The molecule has 10 heteroatoms. The zero-order chi connectivity index (χ0) is 19.8. The molecule has 3 rings (SSSR count). The number of hydrogen-bond donors (Lipinski definition) is 2. The van der Waals surface area contributed by atoms with Crippen molar-refractivity contribution in [1.82, 2.24) is 10.3 Å². The van der Waals surface area contributed by atoms with Gasteiger partial charge in [0.05, 0.1) is 21.8 Å². The van der Waals surface area contributed by atoms with Gasteiger partial charge >= 0.3 is 6.18 Å². The van der Waals surface area contributed by atoms with Crippen molar-refractivity contribution in [1.29, 1.82) is 0 Å². The number of anilines is 1. The molecule has 1 saturated carbocycles. The van der Waals surface area contributed by atoms with E-state index in [0.717, 1.165) is 12.8 Å². The van der Waals surface area contributed by atoms with Crippen LogP contribution in [-0.4, -0.2) is 22.8 Å². The highest BCUT2D eigenvalue weighted by Gasteiger charge is 2.32. The van der Waals surface area contributed by atoms with Gasteiger partial charge in [-0.05, 0) is 37.1 Å². The Morgan fingerprint density at radius 1 is 1.11 bits per heavy atom. The smallest absolute Gasteiger partial charge is 0.349 e. The first-order valence-electron chi connectivity index (χ1n) is 7.79. The molecule has 1 aromatic carbocycles. The van der Waals surface area contributed by atoms with E-state index >= 15 is 0 Å². The number of carbonyl (C=O) groups is 2. The molecule has 0 bridgehead atoms. The second-order valence-corrected chi connectivity index (χ2v) is 6.79. The van der Waals surface area contributed by atoms with Gasteiger partial charge < -0.3 is 10.6 Å². The fraction of sp³-hybridized carbons (Fsp3) is 0.235. The molecule has 1 aromatic heterocycles. The molecule has 27 heavy (non-hydrogen) atoms. The number of pyridine rings is 1. The van der Waals surface area contributed by atoms with E-state index in [9.17, 15) is 22.8 Å². The molecule has 2 amide bonds. The van der Waals surface area contributed by atoms with Gasteiger partial charge in [-0.25, -0.2) is 4.98 Å². The molecule has 1 fully saturated rings. The van der Waals surface area contributed by atoms with E-state index in [4.69, 9.17) is 23.2 Å². The molecule has 0 atom stereocenters. The lowest BCUT2D eigenvalue weighted by Crippen LogP contribution is -2.27. The minimum atomic E-state index is -4.63. The quantitative estimate of drug-likeness (QED) is 0.766. The van der Waals surface area contributed by atoms with Crippen molar-refractivity contribution in [3.63, 3.8) is 0 Å². The number of aromatic nitrogens is 1. The van der Waals surface area contributed by atoms with E-state index in [1.807, 2.05) is 0 Å². The van der Waals surface area contributed by atoms with Gasteiger partial charge in [0.2, 0.25) is 0 Å². The molecule has 1 aliphatic carbocycles. The number of halogens is 5. The van der Waals surface area contributed by atoms with Crippen molar-refractivity contribution in [3.8, 4) is 0 Å². The Bertz CT molecular complexity index is 915. The van der Waals surface area contributed by atoms with Gasteiger partial charge in [0.25, 0.3) is 11.8 Å². The van der Waals surface area contributed by atoms with Crippen LogP contribution in [-0.2, 0) is 6.18 Å². The second kappa shape index (κ2) is 7.36. The highest BCUT2D eigenvalue weighted by molar-refractivity contribution is 6.34. The molecule has 0 radical (unpaired) electrons. The summed E-state index contributed by atoms with van der Waals surface area (Å²) in [4.78, 5) is 28.2. The van der Waals surface area contributed by atoms with E-state index in [1.165, 1.54) is 18.2 Å². The Labute approximate surface area is 161 Å². The van der Waals surface area contributed by atoms with E-state index in [1.54, 1.807) is 0 Å². The number of rotatable bonds is 4. The van der Waals surface area contributed by atoms with Crippen LogP contribution in [0.25, 0.3) is 0 Å². The lowest BCUT2D eigenvalue weighted by atomic mass is 10.1. The molecular weight excluding hydrogens is 406 g/mol. The molecule has 0 aliphatic heterocycles. The van der Waals surface area contributed by atoms with Crippen molar-refractivity contribution in [2.24, 2.45) is 0 Å². The molecule has 0 saturated heterocycles. The van der Waals surface area contributed by atoms with Crippen LogP contribution in [0.5, 0.6) is 0 Å². The predicted octanol–water partition coefficient (Wildman–Crippen LogP) is 4.55. The number of nitrogens with one attached hydrogen (secondary N) is 2. The monoisotopic (exact) mass is 417 g/mol. The maximum Gasteiger partial charge on any atom is 0.417 e. The third kappa shape index (κ3) is 4.70. The Morgan fingerprint density at radius 3 is 2.41 bits per heavy atom. The molecule has 2 aromatic rings. The number of carbonyl (C=O) groups excluding carboxylic acids is 2. The van der Waals surface area contributed by atoms with Gasteiger partial charge in [0, 0.05) is 17.3 Å². The summed E-state index contributed by atoms with van der Waals surface area (Å²) < 4.78 is 38.0. The molecule has 0 spiro atoms. The second-order valence-electron chi connectivity index (χ2n) is 5.94. The number of amides is 2. The molecule has 1 heterocycles. The molecule has 1 aliphatic rings. The Balaban J connectivity index is 1.84. The minimum Gasteiger partial charge on any atom is -0.349 e. The summed E-state index contributed by atoms with van der Waals surface area (Å²) >= 11 is 11.7. The Morgan fingerprint density at radius 2 is 1.81 bits per heavy atom. The van der Waals surface area contributed by atoms with Crippen LogP contribution < -0.4 is 10.6 Å². The molecular formula is C17H12Cl2F3N3O2. The van der Waals surface area contributed by atoms with Crippen molar-refractivity contribution in [2.75, 3.05) is 5.32 Å². The molecule has 0 unspecified atom stereocenters. The average molecular weight is 418 g/mol. The van der Waals surface area contributed by atoms with Gasteiger partial charge in [-0.2, -0.15) is 13.2 Å². The summed E-state index contributed by atoms with van der Waals surface area (Å²) in [5.41, 5.74) is -1.20. The summed E-state index contributed by atoms with van der Waals surface area (Å²) in [6, 6.07) is 4.97. The van der Waals surface area contributed by atoms with Crippen LogP contribution in [0, 0.1) is 0 Å². The van der Waals surface area contributed by atoms with Gasteiger partial charge in [-0.3, -0.25) is 9.59 Å². The predicted molar refractivity (Wildman–Crippen MR) is 94.1 cm³/mol. The first-order chi connectivity index (χ1) is 12.6. The summed E-state index contributed by atoms with van der Waals surface area (Å²) in [5.74, 6) is -1.27. The van der Waals surface area contributed by atoms with Crippen LogP contribution in [0.2, 0.25) is 10.0 Å². The van der Waals surface area contributed by atoms with Gasteiger partial charge in [-0.1, -0.05) is 23.2 Å². The zero-order valence-electron chi connectivity index (χ0n) is 13.5. The highest BCUT2D eigenvalue weighted by atomic mass is 35.5. The zero-order valence-corrected chi connectivity index (χ0v) is 15.0. The summed E-state index contributed by atoms with van der Waals surface area (Å²) in [6.45, 7) is 0. The largest absolute Gasteiger partial charge is 0.417 e. The number of benzene rings is 1. The van der Waals surface area contributed by atoms with Gasteiger partial charge in [0.15, 0.2) is 0 Å². The van der Waals surface area contributed by atoms with Crippen LogP contribution in [0.15, 0.2) is 30.5 Å².